The van der Waals surface area contributed by atoms with Crippen LogP contribution in [0.1, 0.15) is 18.9 Å². The summed E-state index contributed by atoms with van der Waals surface area (Å²) in [5, 5.41) is 7.26. The van der Waals surface area contributed by atoms with Crippen molar-refractivity contribution in [3.63, 3.8) is 0 Å². The standard InChI is InChI=1S/C13H17N5S/c1-17-8-4-5-10(9-17)18-12(15-16-13(18)19)11-6-2-3-7-14-11/h2-3,6-7,10H,4-5,8-9H2,1H3,(H,16,19). The number of hydrogen-bond acceptors (Lipinski definition) is 4. The molecule has 6 heteroatoms. The Morgan fingerprint density at radius 3 is 3.05 bits per heavy atom. The first-order valence-electron chi connectivity index (χ1n) is 6.52. The minimum Gasteiger partial charge on any atom is -0.304 e. The first-order valence-corrected chi connectivity index (χ1v) is 6.93. The van der Waals surface area contributed by atoms with Crippen LogP contribution in [-0.2, 0) is 0 Å². The predicted octanol–water partition coefficient (Wildman–Crippen LogP) is 2.27. The lowest BCUT2D eigenvalue weighted by Gasteiger charge is -2.30. The zero-order valence-electron chi connectivity index (χ0n) is 10.9. The molecule has 0 amide bonds. The van der Waals surface area contributed by atoms with Gasteiger partial charge in [-0.3, -0.25) is 14.6 Å². The maximum atomic E-state index is 5.39. The summed E-state index contributed by atoms with van der Waals surface area (Å²) in [5.41, 5.74) is 0.864. The summed E-state index contributed by atoms with van der Waals surface area (Å²) < 4.78 is 2.80. The molecule has 0 aliphatic carbocycles. The number of rotatable bonds is 2. The molecule has 1 atom stereocenters. The Morgan fingerprint density at radius 1 is 1.42 bits per heavy atom. The molecule has 2 aromatic heterocycles. The first kappa shape index (κ1) is 12.5. The Hall–Kier alpha value is -1.53. The molecule has 1 aliphatic rings. The second-order valence-electron chi connectivity index (χ2n) is 5.00. The fraction of sp³-hybridized carbons (Fsp3) is 0.462. The molecule has 5 nitrogen and oxygen atoms in total. The number of nitrogens with one attached hydrogen (secondary N) is 1. The van der Waals surface area contributed by atoms with Crippen LogP contribution in [0.15, 0.2) is 24.4 Å². The van der Waals surface area contributed by atoms with Crippen LogP contribution in [0.5, 0.6) is 0 Å². The lowest BCUT2D eigenvalue weighted by atomic mass is 10.1. The highest BCUT2D eigenvalue weighted by atomic mass is 32.1. The molecule has 2 aromatic rings. The van der Waals surface area contributed by atoms with E-state index in [0.717, 1.165) is 31.0 Å². The monoisotopic (exact) mass is 275 g/mol. The second kappa shape index (κ2) is 5.22. The van der Waals surface area contributed by atoms with Gasteiger partial charge >= 0.3 is 0 Å². The number of aromatic amines is 1. The molecule has 0 saturated carbocycles. The van der Waals surface area contributed by atoms with Crippen LogP contribution < -0.4 is 0 Å². The van der Waals surface area contributed by atoms with E-state index in [4.69, 9.17) is 12.2 Å². The molecule has 1 saturated heterocycles. The van der Waals surface area contributed by atoms with Crippen LogP contribution in [0.2, 0.25) is 0 Å². The molecule has 0 spiro atoms. The largest absolute Gasteiger partial charge is 0.304 e. The van der Waals surface area contributed by atoms with Crippen molar-refractivity contribution in [1.29, 1.82) is 0 Å². The van der Waals surface area contributed by atoms with Gasteiger partial charge in [0.25, 0.3) is 0 Å². The molecule has 1 N–H and O–H groups in total. The molecule has 19 heavy (non-hydrogen) atoms. The van der Waals surface area contributed by atoms with Gasteiger partial charge in [0.1, 0.15) is 5.69 Å². The number of likely N-dealkylation sites (N-methyl/N-ethyl adjacent to an activating group) is 1. The van der Waals surface area contributed by atoms with Gasteiger partial charge in [-0.05, 0) is 50.8 Å². The van der Waals surface area contributed by atoms with Crippen LogP contribution in [-0.4, -0.2) is 44.8 Å². The Bertz CT molecular complexity index is 603. The Kier molecular flexibility index (Phi) is 3.44. The van der Waals surface area contributed by atoms with E-state index >= 15 is 0 Å². The average molecular weight is 275 g/mol. The van der Waals surface area contributed by atoms with E-state index in [0.29, 0.717) is 10.8 Å². The second-order valence-corrected chi connectivity index (χ2v) is 5.38. The van der Waals surface area contributed by atoms with Crippen molar-refractivity contribution in [3.05, 3.63) is 29.2 Å². The summed E-state index contributed by atoms with van der Waals surface area (Å²) in [6.07, 6.45) is 4.11. The third-order valence-electron chi connectivity index (χ3n) is 3.56. The topological polar surface area (TPSA) is 49.7 Å². The van der Waals surface area contributed by atoms with Gasteiger partial charge in [0, 0.05) is 12.7 Å². The van der Waals surface area contributed by atoms with Gasteiger partial charge in [0.05, 0.1) is 6.04 Å². The SMILES string of the molecule is CN1CCCC(n2c(-c3ccccn3)n[nH]c2=S)C1. The highest BCUT2D eigenvalue weighted by Crippen LogP contribution is 2.25. The minimum atomic E-state index is 0.377. The van der Waals surface area contributed by atoms with Crippen LogP contribution >= 0.6 is 12.2 Å². The number of H-pyrrole nitrogens is 1. The minimum absolute atomic E-state index is 0.377. The van der Waals surface area contributed by atoms with Crippen molar-refractivity contribution in [2.24, 2.45) is 0 Å². The van der Waals surface area contributed by atoms with Crippen molar-refractivity contribution < 1.29 is 0 Å². The zero-order chi connectivity index (χ0) is 13.2. The fourth-order valence-corrected chi connectivity index (χ4v) is 2.95. The third kappa shape index (κ3) is 2.46. The highest BCUT2D eigenvalue weighted by Gasteiger charge is 2.23. The Balaban J connectivity index is 2.02. The van der Waals surface area contributed by atoms with Gasteiger partial charge < -0.3 is 4.90 Å². The van der Waals surface area contributed by atoms with Gasteiger partial charge in [-0.1, -0.05) is 6.07 Å². The van der Waals surface area contributed by atoms with Gasteiger partial charge in [-0.25, -0.2) is 0 Å². The van der Waals surface area contributed by atoms with E-state index in [1.807, 2.05) is 18.2 Å². The molecule has 3 rings (SSSR count). The predicted molar refractivity (Wildman–Crippen MR) is 76.4 cm³/mol. The number of pyridine rings is 1. The van der Waals surface area contributed by atoms with E-state index in [9.17, 15) is 0 Å². The molecule has 0 radical (unpaired) electrons. The highest BCUT2D eigenvalue weighted by molar-refractivity contribution is 7.71. The van der Waals surface area contributed by atoms with Crippen LogP contribution in [0.25, 0.3) is 11.5 Å². The van der Waals surface area contributed by atoms with Gasteiger partial charge in [-0.15, -0.1) is 0 Å². The molecule has 1 unspecified atom stereocenters. The fourth-order valence-electron chi connectivity index (χ4n) is 2.67. The molecule has 0 aromatic carbocycles. The van der Waals surface area contributed by atoms with Crippen molar-refractivity contribution >= 4 is 12.2 Å². The summed E-state index contributed by atoms with van der Waals surface area (Å²) in [5.74, 6) is 0.839. The van der Waals surface area contributed by atoms with E-state index in [1.165, 1.54) is 6.42 Å². The van der Waals surface area contributed by atoms with Crippen molar-refractivity contribution in [3.8, 4) is 11.5 Å². The number of piperidine rings is 1. The lowest BCUT2D eigenvalue weighted by molar-refractivity contribution is 0.212. The molecule has 100 valence electrons. The molecule has 0 bridgehead atoms. The average Bonchev–Trinajstić information content (AvgIpc) is 2.82. The zero-order valence-corrected chi connectivity index (χ0v) is 11.7. The third-order valence-corrected chi connectivity index (χ3v) is 3.85. The van der Waals surface area contributed by atoms with Gasteiger partial charge in [-0.2, -0.15) is 5.10 Å². The van der Waals surface area contributed by atoms with E-state index in [1.54, 1.807) is 6.20 Å². The van der Waals surface area contributed by atoms with Crippen LogP contribution in [0, 0.1) is 4.77 Å². The summed E-state index contributed by atoms with van der Waals surface area (Å²) >= 11 is 5.39. The summed E-state index contributed by atoms with van der Waals surface area (Å²) in [6, 6.07) is 6.22. The smallest absolute Gasteiger partial charge is 0.195 e. The van der Waals surface area contributed by atoms with E-state index in [-0.39, 0.29) is 0 Å². The molecular weight excluding hydrogens is 258 g/mol. The van der Waals surface area contributed by atoms with Crippen LogP contribution in [0.3, 0.4) is 0 Å². The number of aromatic nitrogens is 4. The van der Waals surface area contributed by atoms with Crippen molar-refractivity contribution in [2.45, 2.75) is 18.9 Å². The van der Waals surface area contributed by atoms with E-state index in [2.05, 4.69) is 31.7 Å². The van der Waals surface area contributed by atoms with Gasteiger partial charge in [0.15, 0.2) is 10.6 Å². The Labute approximate surface area is 117 Å². The summed E-state index contributed by atoms with van der Waals surface area (Å²) in [4.78, 5) is 6.71. The maximum Gasteiger partial charge on any atom is 0.195 e. The Morgan fingerprint density at radius 2 is 2.32 bits per heavy atom. The molecule has 1 aliphatic heterocycles. The quantitative estimate of drug-likeness (QED) is 0.854. The van der Waals surface area contributed by atoms with Crippen molar-refractivity contribution in [1.82, 2.24) is 24.6 Å². The maximum absolute atomic E-state index is 5.39. The van der Waals surface area contributed by atoms with Crippen LogP contribution in [0.4, 0.5) is 0 Å². The lowest BCUT2D eigenvalue weighted by Crippen LogP contribution is -2.33. The summed E-state index contributed by atoms with van der Waals surface area (Å²) in [7, 11) is 2.15. The normalized spacial score (nSPS) is 20.6. The van der Waals surface area contributed by atoms with Gasteiger partial charge in [0.2, 0.25) is 0 Å². The molecular formula is C13H17N5S. The first-order chi connectivity index (χ1) is 9.25. The van der Waals surface area contributed by atoms with E-state index < -0.39 is 0 Å². The number of likely N-dealkylation sites (tertiary alicyclic amines) is 1. The number of nitrogens with zero attached hydrogens (tertiary/aromatic N) is 4. The molecule has 3 heterocycles. The van der Waals surface area contributed by atoms with Crippen molar-refractivity contribution in [2.75, 3.05) is 20.1 Å². The number of hydrogen-bond donors (Lipinski definition) is 1. The summed E-state index contributed by atoms with van der Waals surface area (Å²) in [6.45, 7) is 2.16. The molecule has 1 fully saturated rings.